The highest BCUT2D eigenvalue weighted by molar-refractivity contribution is 8.17. The van der Waals surface area contributed by atoms with E-state index in [1.807, 2.05) is 0 Å². The fraction of sp³-hybridized carbons (Fsp3) is 0. The summed E-state index contributed by atoms with van der Waals surface area (Å²) in [6.07, 6.45) is 0. The van der Waals surface area contributed by atoms with E-state index in [0.29, 0.717) is 0 Å². The number of hydrogen-bond acceptors (Lipinski definition) is 3. The lowest BCUT2D eigenvalue weighted by Gasteiger charge is -2.09. The van der Waals surface area contributed by atoms with Gasteiger partial charge < -0.3 is 0 Å². The first-order valence-electron chi connectivity index (χ1n) is 5.07. The normalized spacial score (nSPS) is 13.8. The smallest absolute Gasteiger partial charge is 0.258 e. The molecule has 0 radical (unpaired) electrons. The van der Waals surface area contributed by atoms with Gasteiger partial charge in [-0.1, -0.05) is 18.2 Å². The van der Waals surface area contributed by atoms with Gasteiger partial charge in [0.25, 0.3) is 5.69 Å². The first-order valence-corrected chi connectivity index (χ1v) is 6.56. The van der Waals surface area contributed by atoms with Crippen molar-refractivity contribution in [2.75, 3.05) is 0 Å². The molecule has 4 nitrogen and oxygen atoms in total. The predicted octanol–water partition coefficient (Wildman–Crippen LogP) is 4.18. The SMILES string of the molecule is N#S(F)(c1ccccc1)c1ccc([N+](=O)[O-])cc1. The van der Waals surface area contributed by atoms with E-state index in [2.05, 4.69) is 0 Å². The number of rotatable bonds is 1. The lowest BCUT2D eigenvalue weighted by atomic mass is 10.3. The minimum Gasteiger partial charge on any atom is -0.258 e. The molecule has 0 aliphatic rings. The van der Waals surface area contributed by atoms with Crippen LogP contribution in [0.15, 0.2) is 64.4 Å². The lowest BCUT2D eigenvalue weighted by Crippen LogP contribution is -1.88. The Balaban J connectivity index is 2.43. The van der Waals surface area contributed by atoms with E-state index in [0.717, 1.165) is 0 Å². The summed E-state index contributed by atoms with van der Waals surface area (Å²) in [5, 5.41) is 10.5. The van der Waals surface area contributed by atoms with Crippen molar-refractivity contribution >= 4 is 15.7 Å². The second-order valence-electron chi connectivity index (χ2n) is 3.57. The molecular formula is C12H9FN2O2S. The van der Waals surface area contributed by atoms with Gasteiger partial charge in [0.2, 0.25) is 0 Å². The number of nitro groups is 1. The summed E-state index contributed by atoms with van der Waals surface area (Å²) in [6.45, 7) is 0. The Bertz CT molecular complexity index is 674. The minimum absolute atomic E-state index is 0.0410. The molecule has 0 aliphatic carbocycles. The second kappa shape index (κ2) is 4.60. The van der Waals surface area contributed by atoms with Gasteiger partial charge in [0, 0.05) is 12.1 Å². The molecule has 6 heteroatoms. The molecule has 2 aromatic carbocycles. The Morgan fingerprint density at radius 2 is 1.50 bits per heavy atom. The maximum atomic E-state index is 14.4. The third-order valence-electron chi connectivity index (χ3n) is 2.42. The van der Waals surface area contributed by atoms with Crippen LogP contribution in [-0.4, -0.2) is 4.92 Å². The average molecular weight is 264 g/mol. The molecule has 0 aliphatic heterocycles. The number of hydrogen-bond donors (Lipinski definition) is 0. The van der Waals surface area contributed by atoms with Crippen LogP contribution in [0.3, 0.4) is 0 Å². The van der Waals surface area contributed by atoms with Crippen molar-refractivity contribution in [3.63, 3.8) is 0 Å². The van der Waals surface area contributed by atoms with E-state index >= 15 is 0 Å². The summed E-state index contributed by atoms with van der Waals surface area (Å²) in [6, 6.07) is 12.8. The van der Waals surface area contributed by atoms with E-state index in [1.165, 1.54) is 36.4 Å². The van der Waals surface area contributed by atoms with Gasteiger partial charge in [-0.05, 0) is 24.3 Å². The minimum atomic E-state index is -3.60. The Labute approximate surface area is 104 Å². The van der Waals surface area contributed by atoms with Gasteiger partial charge in [-0.2, -0.15) is 4.61 Å². The summed E-state index contributed by atoms with van der Waals surface area (Å²) in [7, 11) is -3.60. The van der Waals surface area contributed by atoms with Crippen molar-refractivity contribution in [2.45, 2.75) is 9.79 Å². The van der Waals surface area contributed by atoms with Crippen molar-refractivity contribution in [1.82, 2.24) is 0 Å². The zero-order valence-corrected chi connectivity index (χ0v) is 10.0. The average Bonchev–Trinajstić information content (AvgIpc) is 2.40. The van der Waals surface area contributed by atoms with E-state index in [4.69, 9.17) is 0 Å². The third kappa shape index (κ3) is 2.25. The maximum absolute atomic E-state index is 14.4. The van der Waals surface area contributed by atoms with Crippen molar-refractivity contribution in [3.05, 3.63) is 64.7 Å². The van der Waals surface area contributed by atoms with E-state index < -0.39 is 15.0 Å². The lowest BCUT2D eigenvalue weighted by molar-refractivity contribution is -0.384. The van der Waals surface area contributed by atoms with Gasteiger partial charge in [-0.15, -0.1) is 3.89 Å². The number of benzene rings is 2. The van der Waals surface area contributed by atoms with Crippen LogP contribution in [0, 0.1) is 14.7 Å². The Morgan fingerprint density at radius 1 is 1.00 bits per heavy atom. The molecule has 0 aromatic heterocycles. The standard InChI is InChI=1S/C12H9FN2O2S/c13-18(14,11-4-2-1-3-5-11)12-8-6-10(7-9-12)15(16)17/h1-9H. The molecule has 0 heterocycles. The second-order valence-corrected chi connectivity index (χ2v) is 5.53. The summed E-state index contributed by atoms with van der Waals surface area (Å²) >= 11 is 0. The highest BCUT2D eigenvalue weighted by Crippen LogP contribution is 2.51. The molecule has 0 N–H and O–H groups in total. The van der Waals surface area contributed by atoms with Crippen molar-refractivity contribution in [1.29, 1.82) is 4.61 Å². The van der Waals surface area contributed by atoms with Crippen LogP contribution in [0.4, 0.5) is 9.57 Å². The first kappa shape index (κ1) is 12.3. The molecule has 2 rings (SSSR count). The van der Waals surface area contributed by atoms with E-state index in [1.54, 1.807) is 18.2 Å². The number of nitro benzene ring substituents is 1. The highest BCUT2D eigenvalue weighted by atomic mass is 32.3. The predicted molar refractivity (Wildman–Crippen MR) is 66.5 cm³/mol. The van der Waals surface area contributed by atoms with Crippen molar-refractivity contribution in [2.24, 2.45) is 0 Å². The largest absolute Gasteiger partial charge is 0.269 e. The van der Waals surface area contributed by atoms with Crippen LogP contribution >= 0.6 is 10.0 Å². The monoisotopic (exact) mass is 264 g/mol. The van der Waals surface area contributed by atoms with Gasteiger partial charge in [-0.3, -0.25) is 10.1 Å². The Morgan fingerprint density at radius 3 is 2.00 bits per heavy atom. The van der Waals surface area contributed by atoms with Gasteiger partial charge in [-0.25, -0.2) is 0 Å². The van der Waals surface area contributed by atoms with Crippen molar-refractivity contribution < 1.29 is 8.81 Å². The number of non-ortho nitro benzene ring substituents is 1. The van der Waals surface area contributed by atoms with Gasteiger partial charge in [0.05, 0.1) is 14.7 Å². The zero-order chi connectivity index (χ0) is 13.2. The van der Waals surface area contributed by atoms with Crippen LogP contribution in [-0.2, 0) is 0 Å². The molecule has 0 saturated heterocycles. The van der Waals surface area contributed by atoms with E-state index in [9.17, 15) is 18.6 Å². The summed E-state index contributed by atoms with van der Waals surface area (Å²) in [4.78, 5) is 10.1. The van der Waals surface area contributed by atoms with Crippen LogP contribution in [0.25, 0.3) is 0 Å². The summed E-state index contributed by atoms with van der Waals surface area (Å²) in [5.41, 5.74) is -0.137. The molecule has 2 aromatic rings. The van der Waals surface area contributed by atoms with Crippen LogP contribution < -0.4 is 0 Å². The Hall–Kier alpha value is -2.17. The summed E-state index contributed by atoms with van der Waals surface area (Å²) < 4.78 is 24.3. The highest BCUT2D eigenvalue weighted by Gasteiger charge is 2.20. The quantitative estimate of drug-likeness (QED) is 0.573. The topological polar surface area (TPSA) is 66.9 Å². The number of nitrogens with zero attached hydrogens (tertiary/aromatic N) is 2. The van der Waals surface area contributed by atoms with Gasteiger partial charge >= 0.3 is 0 Å². The molecule has 0 fully saturated rings. The van der Waals surface area contributed by atoms with Gasteiger partial charge in [0.15, 0.2) is 0 Å². The first-order chi connectivity index (χ1) is 8.51. The molecule has 1 unspecified atom stereocenters. The zero-order valence-electron chi connectivity index (χ0n) is 9.19. The Kier molecular flexibility index (Phi) is 3.14. The number of halogens is 1. The van der Waals surface area contributed by atoms with Gasteiger partial charge in [0.1, 0.15) is 10.0 Å². The molecule has 0 bridgehead atoms. The van der Waals surface area contributed by atoms with Crippen LogP contribution in [0.1, 0.15) is 0 Å². The molecule has 0 spiro atoms. The fourth-order valence-corrected chi connectivity index (χ4v) is 2.77. The molecule has 0 saturated carbocycles. The molecule has 18 heavy (non-hydrogen) atoms. The molecule has 1 atom stereocenters. The third-order valence-corrected chi connectivity index (χ3v) is 4.21. The molecule has 0 amide bonds. The molecular weight excluding hydrogens is 255 g/mol. The summed E-state index contributed by atoms with van der Waals surface area (Å²) in [5.74, 6) is 0. The fourth-order valence-electron chi connectivity index (χ4n) is 1.49. The maximum Gasteiger partial charge on any atom is 0.269 e. The van der Waals surface area contributed by atoms with E-state index in [-0.39, 0.29) is 15.5 Å². The van der Waals surface area contributed by atoms with Crippen LogP contribution in [0.2, 0.25) is 0 Å². The molecule has 92 valence electrons. The van der Waals surface area contributed by atoms with Crippen LogP contribution in [0.5, 0.6) is 0 Å². The van der Waals surface area contributed by atoms with Crippen molar-refractivity contribution in [3.8, 4) is 0 Å².